The normalized spacial score (nSPS) is 19.4. The Balaban J connectivity index is 2.15. The average Bonchev–Trinajstić information content (AvgIpc) is 2.96. The fourth-order valence-corrected chi connectivity index (χ4v) is 3.35. The van der Waals surface area contributed by atoms with Gasteiger partial charge in [0, 0.05) is 18.7 Å². The van der Waals surface area contributed by atoms with Crippen LogP contribution in [-0.4, -0.2) is 32.4 Å². The number of benzene rings is 1. The first-order valence-corrected chi connectivity index (χ1v) is 8.45. The fourth-order valence-electron chi connectivity index (χ4n) is 2.93. The zero-order valence-electron chi connectivity index (χ0n) is 13.2. The van der Waals surface area contributed by atoms with Gasteiger partial charge in [0.15, 0.2) is 5.82 Å². The van der Waals surface area contributed by atoms with Crippen LogP contribution in [0.4, 0.5) is 5.95 Å². The maximum Gasteiger partial charge on any atom is 0.229 e. The van der Waals surface area contributed by atoms with Gasteiger partial charge in [-0.05, 0) is 18.1 Å². The molecule has 7 nitrogen and oxygen atoms in total. The molecule has 132 valence electrons. The predicted molar refractivity (Wildman–Crippen MR) is 95.5 cm³/mol. The Bertz CT molecular complexity index is 836. The van der Waals surface area contributed by atoms with E-state index in [0.29, 0.717) is 45.9 Å². The third kappa shape index (κ3) is 3.22. The van der Waals surface area contributed by atoms with Crippen LogP contribution in [0.1, 0.15) is 23.9 Å². The number of amides is 1. The van der Waals surface area contributed by atoms with Crippen molar-refractivity contribution in [3.8, 4) is 0 Å². The number of primary amides is 1. The van der Waals surface area contributed by atoms with E-state index in [-0.39, 0.29) is 6.61 Å². The van der Waals surface area contributed by atoms with Crippen molar-refractivity contribution in [1.82, 2.24) is 14.8 Å². The van der Waals surface area contributed by atoms with Gasteiger partial charge in [-0.15, -0.1) is 0 Å². The Labute approximate surface area is 154 Å². The van der Waals surface area contributed by atoms with Crippen LogP contribution in [0.5, 0.6) is 0 Å². The lowest BCUT2D eigenvalue weighted by atomic mass is 9.88. The minimum absolute atomic E-state index is 0.0392. The van der Waals surface area contributed by atoms with Crippen molar-refractivity contribution in [3.63, 3.8) is 0 Å². The van der Waals surface area contributed by atoms with Crippen molar-refractivity contribution < 1.29 is 9.90 Å². The number of hydrogen-bond acceptors (Lipinski definition) is 5. The smallest absolute Gasteiger partial charge is 0.229 e. The van der Waals surface area contributed by atoms with E-state index in [2.05, 4.69) is 22.0 Å². The first kappa shape index (κ1) is 17.7. The number of aliphatic hydroxyl groups excluding tert-OH is 1. The van der Waals surface area contributed by atoms with Crippen molar-refractivity contribution in [2.24, 2.45) is 11.7 Å². The molecule has 0 radical (unpaired) electrons. The SMILES string of the molecule is C=C1Nc2nc(CCCO)nn2[C@@H](c2cccc(Cl)c2Cl)[C@@H]1C(N)=O. The van der Waals surface area contributed by atoms with Gasteiger partial charge in [0.25, 0.3) is 0 Å². The van der Waals surface area contributed by atoms with Crippen LogP contribution in [0.2, 0.25) is 10.0 Å². The molecule has 2 heterocycles. The van der Waals surface area contributed by atoms with Gasteiger partial charge < -0.3 is 16.2 Å². The van der Waals surface area contributed by atoms with Gasteiger partial charge in [-0.25, -0.2) is 4.68 Å². The van der Waals surface area contributed by atoms with E-state index in [0.717, 1.165) is 0 Å². The maximum absolute atomic E-state index is 12.1. The number of aromatic nitrogens is 3. The number of nitrogens with zero attached hydrogens (tertiary/aromatic N) is 3. The first-order valence-electron chi connectivity index (χ1n) is 7.69. The lowest BCUT2D eigenvalue weighted by Crippen LogP contribution is -2.40. The van der Waals surface area contributed by atoms with E-state index >= 15 is 0 Å². The van der Waals surface area contributed by atoms with Crippen LogP contribution in [0, 0.1) is 5.92 Å². The summed E-state index contributed by atoms with van der Waals surface area (Å²) in [5.74, 6) is -0.346. The Kier molecular flexibility index (Phi) is 4.99. The summed E-state index contributed by atoms with van der Waals surface area (Å²) in [6.45, 7) is 3.95. The molecule has 25 heavy (non-hydrogen) atoms. The monoisotopic (exact) mass is 381 g/mol. The van der Waals surface area contributed by atoms with Crippen LogP contribution in [0.15, 0.2) is 30.5 Å². The van der Waals surface area contributed by atoms with Crippen molar-refractivity contribution in [1.29, 1.82) is 0 Å². The summed E-state index contributed by atoms with van der Waals surface area (Å²) in [6.07, 6.45) is 1.04. The van der Waals surface area contributed by atoms with Crippen LogP contribution in [-0.2, 0) is 11.2 Å². The Morgan fingerprint density at radius 1 is 1.44 bits per heavy atom. The Morgan fingerprint density at radius 2 is 2.20 bits per heavy atom. The highest BCUT2D eigenvalue weighted by atomic mass is 35.5. The summed E-state index contributed by atoms with van der Waals surface area (Å²) in [6, 6.07) is 4.57. The third-order valence-electron chi connectivity index (χ3n) is 4.07. The van der Waals surface area contributed by atoms with Crippen LogP contribution < -0.4 is 11.1 Å². The maximum atomic E-state index is 12.1. The number of aliphatic hydroxyl groups is 1. The minimum Gasteiger partial charge on any atom is -0.396 e. The number of fused-ring (bicyclic) bond motifs is 1. The Morgan fingerprint density at radius 3 is 2.88 bits per heavy atom. The molecule has 1 aromatic heterocycles. The first-order chi connectivity index (χ1) is 11.9. The molecule has 3 rings (SSSR count). The van der Waals surface area contributed by atoms with E-state index in [9.17, 15) is 4.79 Å². The van der Waals surface area contributed by atoms with Gasteiger partial charge in [0.1, 0.15) is 5.92 Å². The van der Waals surface area contributed by atoms with Gasteiger partial charge in [-0.1, -0.05) is 41.9 Å². The summed E-state index contributed by atoms with van der Waals surface area (Å²) in [5, 5.41) is 17.1. The van der Waals surface area contributed by atoms with Crippen LogP contribution >= 0.6 is 23.2 Å². The highest BCUT2D eigenvalue weighted by Gasteiger charge is 2.40. The summed E-state index contributed by atoms with van der Waals surface area (Å²) in [4.78, 5) is 16.5. The Hall–Kier alpha value is -2.09. The fraction of sp³-hybridized carbons (Fsp3) is 0.312. The molecule has 1 aliphatic rings. The zero-order valence-corrected chi connectivity index (χ0v) is 14.8. The number of aryl methyl sites for hydroxylation is 1. The molecular weight excluding hydrogens is 365 g/mol. The number of rotatable bonds is 5. The molecule has 1 amide bonds. The summed E-state index contributed by atoms with van der Waals surface area (Å²) >= 11 is 12.5. The van der Waals surface area contributed by atoms with Crippen molar-refractivity contribution >= 4 is 35.1 Å². The molecule has 2 aromatic rings. The zero-order chi connectivity index (χ0) is 18.1. The molecule has 1 aromatic carbocycles. The third-order valence-corrected chi connectivity index (χ3v) is 4.90. The standard InChI is InChI=1S/C16H17Cl2N5O2/c1-8-12(15(19)25)14(9-4-2-5-10(17)13(9)18)23-16(20-8)21-11(22-23)6-3-7-24/h2,4-5,12,14,24H,1,3,6-7H2,(H2,19,25)(H,20,21,22)/t12-,14+/m1/s1. The number of carbonyl (C=O) groups excluding carboxylic acids is 1. The second-order valence-electron chi connectivity index (χ2n) is 5.74. The average molecular weight is 382 g/mol. The quantitative estimate of drug-likeness (QED) is 0.735. The van der Waals surface area contributed by atoms with E-state index in [1.807, 2.05) is 0 Å². The number of carbonyl (C=O) groups is 1. The van der Waals surface area contributed by atoms with Gasteiger partial charge in [-0.2, -0.15) is 10.1 Å². The number of anilines is 1. The largest absolute Gasteiger partial charge is 0.396 e. The molecule has 0 unspecified atom stereocenters. The molecule has 0 spiro atoms. The summed E-state index contributed by atoms with van der Waals surface area (Å²) < 4.78 is 1.58. The number of nitrogens with one attached hydrogen (secondary N) is 1. The van der Waals surface area contributed by atoms with Gasteiger partial charge in [-0.3, -0.25) is 4.79 Å². The van der Waals surface area contributed by atoms with E-state index in [1.54, 1.807) is 22.9 Å². The summed E-state index contributed by atoms with van der Waals surface area (Å²) in [7, 11) is 0. The molecule has 0 aliphatic carbocycles. The molecular formula is C16H17Cl2N5O2. The predicted octanol–water partition coefficient (Wildman–Crippen LogP) is 2.14. The molecule has 4 N–H and O–H groups in total. The lowest BCUT2D eigenvalue weighted by Gasteiger charge is -2.33. The molecule has 0 fully saturated rings. The van der Waals surface area contributed by atoms with E-state index in [4.69, 9.17) is 34.0 Å². The second kappa shape index (κ2) is 7.03. The van der Waals surface area contributed by atoms with Crippen molar-refractivity contribution in [3.05, 3.63) is 51.9 Å². The second-order valence-corrected chi connectivity index (χ2v) is 6.53. The molecule has 0 saturated carbocycles. The minimum atomic E-state index is -0.768. The highest BCUT2D eigenvalue weighted by Crippen LogP contribution is 2.41. The lowest BCUT2D eigenvalue weighted by molar-refractivity contribution is -0.121. The van der Waals surface area contributed by atoms with Crippen LogP contribution in [0.3, 0.4) is 0 Å². The number of halogens is 2. The van der Waals surface area contributed by atoms with Crippen LogP contribution in [0.25, 0.3) is 0 Å². The van der Waals surface area contributed by atoms with Gasteiger partial charge >= 0.3 is 0 Å². The highest BCUT2D eigenvalue weighted by molar-refractivity contribution is 6.42. The van der Waals surface area contributed by atoms with Gasteiger partial charge in [0.2, 0.25) is 11.9 Å². The molecule has 1 aliphatic heterocycles. The molecule has 0 bridgehead atoms. The van der Waals surface area contributed by atoms with Crippen molar-refractivity contribution in [2.75, 3.05) is 11.9 Å². The topological polar surface area (TPSA) is 106 Å². The van der Waals surface area contributed by atoms with Crippen molar-refractivity contribution in [2.45, 2.75) is 18.9 Å². The summed E-state index contributed by atoms with van der Waals surface area (Å²) in [5.41, 5.74) is 6.64. The van der Waals surface area contributed by atoms with E-state index < -0.39 is 17.9 Å². The molecule has 2 atom stereocenters. The molecule has 0 saturated heterocycles. The van der Waals surface area contributed by atoms with Gasteiger partial charge in [0.05, 0.1) is 16.1 Å². The molecule has 9 heteroatoms. The van der Waals surface area contributed by atoms with E-state index in [1.165, 1.54) is 0 Å². The number of hydrogen-bond donors (Lipinski definition) is 3. The number of nitrogens with two attached hydrogens (primary N) is 1.